The van der Waals surface area contributed by atoms with Crippen molar-refractivity contribution >= 4 is 44.0 Å². The molecule has 1 fully saturated rings. The van der Waals surface area contributed by atoms with Crippen LogP contribution in [0.5, 0.6) is 0 Å². The Labute approximate surface area is 205 Å². The summed E-state index contributed by atoms with van der Waals surface area (Å²) in [4.78, 5) is 17.7. The Morgan fingerprint density at radius 3 is 2.59 bits per heavy atom. The van der Waals surface area contributed by atoms with Gasteiger partial charge in [0, 0.05) is 0 Å². The lowest BCUT2D eigenvalue weighted by atomic mass is 9.84. The number of rotatable bonds is 9. The number of aliphatic hydroxyl groups excluding tert-OH is 1. The molecule has 1 aliphatic carbocycles. The topological polar surface area (TPSA) is 134 Å². The number of fused-ring (bicyclic) bond motifs is 1. The molecule has 1 saturated carbocycles. The number of carbonyl (C=O) groups is 1. The van der Waals surface area contributed by atoms with Crippen LogP contribution < -0.4 is 10.6 Å². The second kappa shape index (κ2) is 12.0. The average molecular weight is 511 g/mol. The molecule has 34 heavy (non-hydrogen) atoms. The molecular weight excluding hydrogens is 476 g/mol. The average Bonchev–Trinajstić information content (AvgIpc) is 3.25. The van der Waals surface area contributed by atoms with Gasteiger partial charge in [-0.1, -0.05) is 62.9 Å². The first-order chi connectivity index (χ1) is 16.2. The van der Waals surface area contributed by atoms with E-state index in [1.165, 1.54) is 6.42 Å². The molecule has 1 aromatic carbocycles. The van der Waals surface area contributed by atoms with Gasteiger partial charge in [-0.25, -0.2) is 13.4 Å². The largest absolute Gasteiger partial charge is 0.438 e. The molecule has 3 N–H and O–H groups in total. The van der Waals surface area contributed by atoms with Crippen LogP contribution in [-0.4, -0.2) is 54.2 Å². The van der Waals surface area contributed by atoms with Gasteiger partial charge in [0.1, 0.15) is 11.6 Å². The molecule has 0 aliphatic heterocycles. The Balaban J connectivity index is 1.77. The molecule has 2 aromatic rings. The standard InChI is InChI=1S/C23H34N4O5S2/c1-4-16(20(28)22-25-17-12-8-9-13-19(17)32-22)24-21(29)18(14-15-10-6-5-7-11-15)26-23(33-2)27-34(3,30)31/h8-9,12-13,15-16,18,20,28H,4-7,10-11,14H2,1-3H3,(H,24,29)(H,26,27)/t16-,18-,20?/m1/s1. The fourth-order valence-electron chi connectivity index (χ4n) is 4.29. The van der Waals surface area contributed by atoms with Crippen LogP contribution in [-0.2, 0) is 14.8 Å². The van der Waals surface area contributed by atoms with Crippen molar-refractivity contribution in [1.29, 1.82) is 0 Å². The van der Waals surface area contributed by atoms with Gasteiger partial charge in [-0.15, -0.1) is 4.40 Å². The highest BCUT2D eigenvalue weighted by Gasteiger charge is 2.31. The molecule has 188 valence electrons. The summed E-state index contributed by atoms with van der Waals surface area (Å²) in [5.74, 6) is 0.191. The van der Waals surface area contributed by atoms with Gasteiger partial charge in [-0.3, -0.25) is 4.79 Å². The number of aromatic nitrogens is 1. The Hall–Kier alpha value is -2.11. The van der Waals surface area contributed by atoms with Crippen molar-refractivity contribution in [1.82, 2.24) is 15.6 Å². The minimum Gasteiger partial charge on any atom is -0.438 e. The highest BCUT2D eigenvalue weighted by atomic mass is 32.2. The number of nitrogens with one attached hydrogen (secondary N) is 2. The summed E-state index contributed by atoms with van der Waals surface area (Å²) in [6.07, 6.45) is 8.13. The Bertz CT molecular complexity index is 1060. The molecular formula is C23H34N4O5S2. The van der Waals surface area contributed by atoms with Crippen LogP contribution in [0.25, 0.3) is 11.1 Å². The van der Waals surface area contributed by atoms with Crippen LogP contribution >= 0.6 is 11.8 Å². The fraction of sp³-hybridized carbons (Fsp3) is 0.609. The number of thioether (sulfide) groups is 1. The SMILES string of the molecule is CC[C@@H](NC(=O)[C@@H](CC1CCCCC1)NC(=NS(C)(=O)=O)SC)C(O)c1nc2ccccc2o1. The lowest BCUT2D eigenvalue weighted by Gasteiger charge is -2.29. The highest BCUT2D eigenvalue weighted by Crippen LogP contribution is 2.28. The van der Waals surface area contributed by atoms with Gasteiger partial charge >= 0.3 is 0 Å². The van der Waals surface area contributed by atoms with E-state index in [1.807, 2.05) is 19.1 Å². The molecule has 1 unspecified atom stereocenters. The number of para-hydroxylation sites is 2. The van der Waals surface area contributed by atoms with E-state index in [0.29, 0.717) is 29.9 Å². The van der Waals surface area contributed by atoms with Crippen LogP contribution in [0.15, 0.2) is 33.1 Å². The van der Waals surface area contributed by atoms with Crippen LogP contribution in [0.2, 0.25) is 0 Å². The number of amidine groups is 1. The maximum Gasteiger partial charge on any atom is 0.252 e. The smallest absolute Gasteiger partial charge is 0.252 e. The van der Waals surface area contributed by atoms with Gasteiger partial charge < -0.3 is 20.2 Å². The van der Waals surface area contributed by atoms with E-state index in [0.717, 1.165) is 43.7 Å². The van der Waals surface area contributed by atoms with E-state index < -0.39 is 28.2 Å². The second-order valence-corrected chi connectivity index (χ2v) is 11.2. The van der Waals surface area contributed by atoms with E-state index in [4.69, 9.17) is 4.42 Å². The predicted octanol–water partition coefficient (Wildman–Crippen LogP) is 3.36. The number of oxazole rings is 1. The molecule has 3 atom stereocenters. The van der Waals surface area contributed by atoms with Crippen molar-refractivity contribution in [2.75, 3.05) is 12.5 Å². The lowest BCUT2D eigenvalue weighted by Crippen LogP contribution is -2.51. The highest BCUT2D eigenvalue weighted by molar-refractivity contribution is 8.13. The van der Waals surface area contributed by atoms with Gasteiger partial charge in [0.15, 0.2) is 16.9 Å². The zero-order chi connectivity index (χ0) is 24.7. The van der Waals surface area contributed by atoms with Gasteiger partial charge in [0.25, 0.3) is 10.0 Å². The minimum absolute atomic E-state index is 0.147. The van der Waals surface area contributed by atoms with E-state index in [9.17, 15) is 18.3 Å². The molecule has 3 rings (SSSR count). The molecule has 0 bridgehead atoms. The van der Waals surface area contributed by atoms with Crippen LogP contribution in [0, 0.1) is 5.92 Å². The van der Waals surface area contributed by atoms with Crippen LogP contribution in [0.4, 0.5) is 0 Å². The zero-order valence-corrected chi connectivity index (χ0v) is 21.5. The summed E-state index contributed by atoms with van der Waals surface area (Å²) >= 11 is 1.14. The zero-order valence-electron chi connectivity index (χ0n) is 19.9. The van der Waals surface area contributed by atoms with E-state index >= 15 is 0 Å². The molecule has 1 aromatic heterocycles. The number of sulfonamides is 1. The maximum absolute atomic E-state index is 13.4. The summed E-state index contributed by atoms with van der Waals surface area (Å²) in [5.41, 5.74) is 1.20. The number of carbonyl (C=O) groups excluding carboxylic acids is 1. The first kappa shape index (κ1) is 26.5. The van der Waals surface area contributed by atoms with Crippen molar-refractivity contribution in [3.05, 3.63) is 30.2 Å². The third-order valence-corrected chi connectivity index (χ3v) is 7.29. The summed E-state index contributed by atoms with van der Waals surface area (Å²) in [5, 5.41) is 17.1. The molecule has 1 heterocycles. The molecule has 1 amide bonds. The second-order valence-electron chi connectivity index (χ2n) is 8.76. The number of amides is 1. The third-order valence-electron chi connectivity index (χ3n) is 6.06. The first-order valence-corrected chi connectivity index (χ1v) is 14.7. The molecule has 0 spiro atoms. The van der Waals surface area contributed by atoms with Gasteiger partial charge in [0.05, 0.1) is 12.3 Å². The van der Waals surface area contributed by atoms with Crippen LogP contribution in [0.1, 0.15) is 63.9 Å². The van der Waals surface area contributed by atoms with E-state index in [2.05, 4.69) is 20.0 Å². The Morgan fingerprint density at radius 2 is 1.97 bits per heavy atom. The number of hydrogen-bond acceptors (Lipinski definition) is 7. The summed E-state index contributed by atoms with van der Waals surface area (Å²) in [7, 11) is -3.62. The van der Waals surface area contributed by atoms with Gasteiger partial charge in [0.2, 0.25) is 11.8 Å². The summed E-state index contributed by atoms with van der Waals surface area (Å²) in [6.45, 7) is 1.86. The molecule has 11 heteroatoms. The quantitative estimate of drug-likeness (QED) is 0.345. The molecule has 9 nitrogen and oxygen atoms in total. The summed E-state index contributed by atoms with van der Waals surface area (Å²) < 4.78 is 32.8. The van der Waals surface area contributed by atoms with Crippen molar-refractivity contribution in [2.24, 2.45) is 10.3 Å². The molecule has 1 aliphatic rings. The van der Waals surface area contributed by atoms with Crippen molar-refractivity contribution < 1.29 is 22.7 Å². The number of nitrogens with zero attached hydrogens (tertiary/aromatic N) is 2. The normalized spacial score (nSPS) is 18.4. The van der Waals surface area contributed by atoms with Crippen molar-refractivity contribution in [3.63, 3.8) is 0 Å². The molecule has 0 radical (unpaired) electrons. The van der Waals surface area contributed by atoms with E-state index in [1.54, 1.807) is 18.4 Å². The molecule has 0 saturated heterocycles. The fourth-order valence-corrected chi connectivity index (χ4v) is 5.60. The Kier molecular flexibility index (Phi) is 9.38. The van der Waals surface area contributed by atoms with Crippen molar-refractivity contribution in [3.8, 4) is 0 Å². The monoisotopic (exact) mass is 510 g/mol. The third kappa shape index (κ3) is 7.44. The predicted molar refractivity (Wildman–Crippen MR) is 135 cm³/mol. The van der Waals surface area contributed by atoms with Crippen molar-refractivity contribution in [2.45, 2.75) is 70.1 Å². The summed E-state index contributed by atoms with van der Waals surface area (Å²) in [6, 6.07) is 5.92. The van der Waals surface area contributed by atoms with Gasteiger partial charge in [-0.2, -0.15) is 0 Å². The number of aliphatic hydroxyl groups is 1. The van der Waals surface area contributed by atoms with Gasteiger partial charge in [-0.05, 0) is 37.1 Å². The lowest BCUT2D eigenvalue weighted by molar-refractivity contribution is -0.125. The Morgan fingerprint density at radius 1 is 1.26 bits per heavy atom. The minimum atomic E-state index is -3.62. The van der Waals surface area contributed by atoms with Crippen LogP contribution in [0.3, 0.4) is 0 Å². The number of hydrogen-bond donors (Lipinski definition) is 3. The van der Waals surface area contributed by atoms with E-state index in [-0.39, 0.29) is 17.0 Å². The number of benzene rings is 1. The first-order valence-electron chi connectivity index (χ1n) is 11.6. The maximum atomic E-state index is 13.4.